The van der Waals surface area contributed by atoms with Crippen LogP contribution in [0.4, 0.5) is 0 Å². The predicted octanol–water partition coefficient (Wildman–Crippen LogP) is 3.00. The van der Waals surface area contributed by atoms with Crippen LogP contribution in [0.3, 0.4) is 0 Å². The maximum Gasteiger partial charge on any atom is 0.272 e. The van der Waals surface area contributed by atoms with Crippen molar-refractivity contribution in [3.63, 3.8) is 0 Å². The predicted molar refractivity (Wildman–Crippen MR) is 107 cm³/mol. The third-order valence-corrected chi connectivity index (χ3v) is 6.74. The number of aryl methyl sites for hydroxylation is 1. The highest BCUT2D eigenvalue weighted by atomic mass is 32.1. The molecule has 0 unspecified atom stereocenters. The summed E-state index contributed by atoms with van der Waals surface area (Å²) in [6.07, 6.45) is 4.19. The van der Waals surface area contributed by atoms with E-state index in [2.05, 4.69) is 33.3 Å². The molecule has 2 aromatic heterocycles. The van der Waals surface area contributed by atoms with Crippen molar-refractivity contribution in [1.29, 1.82) is 0 Å². The Morgan fingerprint density at radius 2 is 2.19 bits per heavy atom. The molecule has 2 bridgehead atoms. The van der Waals surface area contributed by atoms with Crippen molar-refractivity contribution in [2.45, 2.75) is 32.4 Å². The fourth-order valence-electron chi connectivity index (χ4n) is 4.45. The van der Waals surface area contributed by atoms with E-state index in [4.69, 9.17) is 0 Å². The Morgan fingerprint density at radius 1 is 1.33 bits per heavy atom. The van der Waals surface area contributed by atoms with Gasteiger partial charge >= 0.3 is 0 Å². The maximum absolute atomic E-state index is 13.0. The Bertz CT molecular complexity index is 972. The molecule has 0 aliphatic carbocycles. The van der Waals surface area contributed by atoms with Gasteiger partial charge in [0.2, 0.25) is 0 Å². The van der Waals surface area contributed by atoms with Crippen LogP contribution in [0, 0.1) is 5.92 Å². The van der Waals surface area contributed by atoms with Gasteiger partial charge in [-0.2, -0.15) is 5.10 Å². The number of hydrogen-bond donors (Lipinski definition) is 1. The van der Waals surface area contributed by atoms with Crippen LogP contribution >= 0.6 is 11.3 Å². The summed E-state index contributed by atoms with van der Waals surface area (Å²) in [5.41, 5.74) is 2.59. The molecule has 1 N–H and O–H groups in total. The molecule has 6 rings (SSSR count). The van der Waals surface area contributed by atoms with E-state index in [9.17, 15) is 4.79 Å². The van der Waals surface area contributed by atoms with Crippen LogP contribution < -0.4 is 5.32 Å². The first-order chi connectivity index (χ1) is 13.2. The van der Waals surface area contributed by atoms with Gasteiger partial charge < -0.3 is 10.2 Å². The van der Waals surface area contributed by atoms with E-state index in [1.807, 2.05) is 28.4 Å². The Balaban J connectivity index is 1.47. The highest BCUT2D eigenvalue weighted by Crippen LogP contribution is 2.30. The number of thiazole rings is 1. The number of nitrogens with one attached hydrogen (secondary N) is 1. The zero-order valence-electron chi connectivity index (χ0n) is 15.4. The minimum atomic E-state index is -0.0482. The minimum Gasteiger partial charge on any atom is -0.346 e. The van der Waals surface area contributed by atoms with Crippen LogP contribution in [0.1, 0.15) is 30.3 Å². The molecule has 27 heavy (non-hydrogen) atoms. The average molecular weight is 382 g/mol. The Morgan fingerprint density at radius 3 is 2.85 bits per heavy atom. The quantitative estimate of drug-likeness (QED) is 0.755. The van der Waals surface area contributed by atoms with E-state index in [0.29, 0.717) is 11.6 Å². The lowest BCUT2D eigenvalue weighted by molar-refractivity contribution is 0.0618. The molecule has 0 spiro atoms. The molecule has 1 atom stereocenters. The van der Waals surface area contributed by atoms with E-state index in [-0.39, 0.29) is 11.9 Å². The molecular formula is C20H23N5OS. The van der Waals surface area contributed by atoms with Crippen molar-refractivity contribution in [3.8, 4) is 10.6 Å². The summed E-state index contributed by atoms with van der Waals surface area (Å²) in [5.74, 6) is 0.558. The fraction of sp³-hybridized carbons (Fsp3) is 0.450. The number of benzene rings is 1. The number of rotatable bonds is 4. The third kappa shape index (κ3) is 2.95. The SMILES string of the molecule is CCn1nc(C(=O)N[C@@H]2CN3CCC2CC3)c2ccc(-c3nccs3)cc21. The second-order valence-electron chi connectivity index (χ2n) is 7.45. The van der Waals surface area contributed by atoms with E-state index >= 15 is 0 Å². The summed E-state index contributed by atoms with van der Waals surface area (Å²) < 4.78 is 1.91. The van der Waals surface area contributed by atoms with Crippen molar-refractivity contribution in [2.24, 2.45) is 5.92 Å². The minimum absolute atomic E-state index is 0.0482. The molecule has 1 amide bonds. The van der Waals surface area contributed by atoms with E-state index in [0.717, 1.165) is 34.6 Å². The number of piperidine rings is 3. The lowest BCUT2D eigenvalue weighted by Crippen LogP contribution is -2.57. The highest BCUT2D eigenvalue weighted by molar-refractivity contribution is 7.13. The first-order valence-corrected chi connectivity index (χ1v) is 10.5. The van der Waals surface area contributed by atoms with Crippen molar-refractivity contribution < 1.29 is 4.79 Å². The molecular weight excluding hydrogens is 358 g/mol. The van der Waals surface area contributed by atoms with Gasteiger partial charge in [-0.1, -0.05) is 6.07 Å². The number of carbonyl (C=O) groups is 1. The van der Waals surface area contributed by atoms with Crippen LogP contribution in [0.25, 0.3) is 21.5 Å². The molecule has 1 aromatic carbocycles. The smallest absolute Gasteiger partial charge is 0.272 e. The van der Waals surface area contributed by atoms with Crippen molar-refractivity contribution in [1.82, 2.24) is 25.0 Å². The van der Waals surface area contributed by atoms with Crippen molar-refractivity contribution >= 4 is 28.1 Å². The first kappa shape index (κ1) is 16.9. The number of carbonyl (C=O) groups excluding carboxylic acids is 1. The molecule has 3 aromatic rings. The zero-order valence-corrected chi connectivity index (χ0v) is 16.2. The van der Waals surface area contributed by atoms with Gasteiger partial charge in [0, 0.05) is 41.7 Å². The van der Waals surface area contributed by atoms with Gasteiger partial charge in [-0.3, -0.25) is 9.48 Å². The lowest BCUT2D eigenvalue weighted by Gasteiger charge is -2.44. The van der Waals surface area contributed by atoms with Gasteiger partial charge in [0.15, 0.2) is 5.69 Å². The van der Waals surface area contributed by atoms with E-state index in [1.165, 1.54) is 25.9 Å². The topological polar surface area (TPSA) is 63.1 Å². The van der Waals surface area contributed by atoms with Gasteiger partial charge in [-0.25, -0.2) is 4.98 Å². The van der Waals surface area contributed by atoms with Crippen LogP contribution in [0.15, 0.2) is 29.8 Å². The van der Waals surface area contributed by atoms with Gasteiger partial charge in [0.05, 0.1) is 5.52 Å². The summed E-state index contributed by atoms with van der Waals surface area (Å²) >= 11 is 1.62. The summed E-state index contributed by atoms with van der Waals surface area (Å²) in [6.45, 7) is 6.09. The summed E-state index contributed by atoms with van der Waals surface area (Å²) in [6, 6.07) is 6.39. The monoisotopic (exact) mass is 381 g/mol. The van der Waals surface area contributed by atoms with Crippen LogP contribution in [-0.2, 0) is 6.54 Å². The van der Waals surface area contributed by atoms with Gasteiger partial charge in [0.25, 0.3) is 5.91 Å². The molecule has 3 aliphatic heterocycles. The molecule has 3 aliphatic rings. The maximum atomic E-state index is 13.0. The number of fused-ring (bicyclic) bond motifs is 4. The Hall–Kier alpha value is -2.25. The third-order valence-electron chi connectivity index (χ3n) is 5.92. The Labute approximate surface area is 162 Å². The fourth-order valence-corrected chi connectivity index (χ4v) is 5.08. The number of hydrogen-bond acceptors (Lipinski definition) is 5. The summed E-state index contributed by atoms with van der Waals surface area (Å²) in [4.78, 5) is 19.9. The van der Waals surface area contributed by atoms with Gasteiger partial charge in [-0.15, -0.1) is 11.3 Å². The molecule has 5 heterocycles. The van der Waals surface area contributed by atoms with Crippen LogP contribution in [-0.4, -0.2) is 51.2 Å². The summed E-state index contributed by atoms with van der Waals surface area (Å²) in [7, 11) is 0. The van der Waals surface area contributed by atoms with Gasteiger partial charge in [0.1, 0.15) is 5.01 Å². The molecule has 0 saturated carbocycles. The summed E-state index contributed by atoms with van der Waals surface area (Å²) in [5, 5.41) is 11.8. The standard InChI is InChI=1S/C20H23N5OS/c1-2-25-17-11-14(20-21-7-10-27-20)3-4-15(17)18(23-25)19(26)22-16-12-24-8-5-13(16)6-9-24/h3-4,7,10-11,13,16H,2,5-6,8-9,12H2,1H3,(H,22,26)/t16-/m1/s1. The number of aromatic nitrogens is 3. The van der Waals surface area contributed by atoms with Crippen LogP contribution in [0.5, 0.6) is 0 Å². The molecule has 3 fully saturated rings. The molecule has 140 valence electrons. The van der Waals surface area contributed by atoms with Crippen molar-refractivity contribution in [3.05, 3.63) is 35.5 Å². The number of nitrogens with zero attached hydrogens (tertiary/aromatic N) is 4. The normalized spacial score (nSPS) is 24.4. The zero-order chi connectivity index (χ0) is 18.4. The first-order valence-electron chi connectivity index (χ1n) is 9.66. The molecule has 3 saturated heterocycles. The molecule has 7 heteroatoms. The highest BCUT2D eigenvalue weighted by Gasteiger charge is 2.35. The lowest BCUT2D eigenvalue weighted by atomic mass is 9.84. The number of amides is 1. The van der Waals surface area contributed by atoms with Crippen molar-refractivity contribution in [2.75, 3.05) is 19.6 Å². The second kappa shape index (κ2) is 6.73. The molecule has 0 radical (unpaired) electrons. The van der Waals surface area contributed by atoms with E-state index < -0.39 is 0 Å². The van der Waals surface area contributed by atoms with Gasteiger partial charge in [-0.05, 0) is 50.9 Å². The van der Waals surface area contributed by atoms with Crippen LogP contribution in [0.2, 0.25) is 0 Å². The Kier molecular flexibility index (Phi) is 4.21. The van der Waals surface area contributed by atoms with E-state index in [1.54, 1.807) is 11.3 Å². The second-order valence-corrected chi connectivity index (χ2v) is 8.35. The molecule has 6 nitrogen and oxygen atoms in total. The largest absolute Gasteiger partial charge is 0.346 e. The average Bonchev–Trinajstić information content (AvgIpc) is 3.36.